The molecule has 7 nitrogen and oxygen atoms in total. The van der Waals surface area contributed by atoms with E-state index in [0.717, 1.165) is 5.56 Å². The van der Waals surface area contributed by atoms with Crippen molar-refractivity contribution in [1.82, 2.24) is 5.32 Å². The van der Waals surface area contributed by atoms with Gasteiger partial charge < -0.3 is 20.3 Å². The highest BCUT2D eigenvalue weighted by Crippen LogP contribution is 2.03. The molecule has 0 fully saturated rings. The second-order valence-electron chi connectivity index (χ2n) is 4.08. The summed E-state index contributed by atoms with van der Waals surface area (Å²) < 4.78 is 4.87. The number of carbonyl (C=O) groups is 3. The number of benzene rings is 1. The molecule has 1 unspecified atom stereocenters. The van der Waals surface area contributed by atoms with Crippen LogP contribution in [0.5, 0.6) is 0 Å². The molecule has 0 spiro atoms. The van der Waals surface area contributed by atoms with Crippen LogP contribution in [0.15, 0.2) is 30.3 Å². The zero-order valence-corrected chi connectivity index (χ0v) is 10.6. The Bertz CT molecular complexity index is 473. The summed E-state index contributed by atoms with van der Waals surface area (Å²) in [6.45, 7) is -0.238. The summed E-state index contributed by atoms with van der Waals surface area (Å²) in [6.07, 6.45) is -1.35. The van der Waals surface area contributed by atoms with Crippen LogP contribution in [0, 0.1) is 5.92 Å². The minimum Gasteiger partial charge on any atom is -0.481 e. The molecule has 1 rings (SSSR count). The number of ether oxygens (including phenoxy) is 1. The first-order valence-electron chi connectivity index (χ1n) is 5.88. The minimum atomic E-state index is -1.28. The van der Waals surface area contributed by atoms with Gasteiger partial charge in [0.2, 0.25) is 0 Å². The molecule has 0 saturated carbocycles. The van der Waals surface area contributed by atoms with Crippen LogP contribution >= 0.6 is 0 Å². The predicted octanol–water partition coefficient (Wildman–Crippen LogP) is 1.09. The minimum absolute atomic E-state index is 0.0589. The standard InChI is InChI=1S/C13H15NO6/c15-11(16)6-10(12(17)18)7-14-13(19)20-8-9-4-2-1-3-5-9/h1-5,10H,6-8H2,(H,14,19)(H,15,16)(H,17,18). The maximum absolute atomic E-state index is 11.4. The molecular weight excluding hydrogens is 266 g/mol. The Morgan fingerprint density at radius 2 is 1.80 bits per heavy atom. The Morgan fingerprint density at radius 1 is 1.15 bits per heavy atom. The van der Waals surface area contributed by atoms with E-state index in [2.05, 4.69) is 5.32 Å². The fourth-order valence-corrected chi connectivity index (χ4v) is 1.44. The third-order valence-electron chi connectivity index (χ3n) is 2.48. The lowest BCUT2D eigenvalue weighted by Crippen LogP contribution is -2.34. The molecule has 0 heterocycles. The van der Waals surface area contributed by atoms with Gasteiger partial charge in [0, 0.05) is 6.54 Å². The van der Waals surface area contributed by atoms with Crippen molar-refractivity contribution in [2.45, 2.75) is 13.0 Å². The van der Waals surface area contributed by atoms with Crippen LogP contribution in [0.1, 0.15) is 12.0 Å². The van der Waals surface area contributed by atoms with Crippen LogP contribution in [0.3, 0.4) is 0 Å². The van der Waals surface area contributed by atoms with Crippen LogP contribution < -0.4 is 5.32 Å². The Balaban J connectivity index is 2.34. The van der Waals surface area contributed by atoms with E-state index in [0.29, 0.717) is 0 Å². The Kier molecular flexibility index (Phi) is 6.02. The van der Waals surface area contributed by atoms with E-state index in [4.69, 9.17) is 14.9 Å². The first-order chi connectivity index (χ1) is 9.49. The normalized spacial score (nSPS) is 11.4. The molecular formula is C13H15NO6. The van der Waals surface area contributed by atoms with Crippen molar-refractivity contribution < 1.29 is 29.3 Å². The number of carboxylic acids is 2. The quantitative estimate of drug-likeness (QED) is 0.689. The second-order valence-corrected chi connectivity index (χ2v) is 4.08. The van der Waals surface area contributed by atoms with Gasteiger partial charge in [-0.2, -0.15) is 0 Å². The second kappa shape index (κ2) is 7.78. The summed E-state index contributed by atoms with van der Waals surface area (Å²) in [6, 6.07) is 8.97. The number of hydrogen-bond acceptors (Lipinski definition) is 4. The molecule has 3 N–H and O–H groups in total. The fraction of sp³-hybridized carbons (Fsp3) is 0.308. The van der Waals surface area contributed by atoms with Crippen LogP contribution in [-0.2, 0) is 20.9 Å². The molecule has 0 bridgehead atoms. The molecule has 0 radical (unpaired) electrons. The van der Waals surface area contributed by atoms with Gasteiger partial charge in [0.05, 0.1) is 12.3 Å². The number of alkyl carbamates (subject to hydrolysis) is 1. The Hall–Kier alpha value is -2.57. The number of hydrogen-bond donors (Lipinski definition) is 3. The summed E-state index contributed by atoms with van der Waals surface area (Å²) in [5, 5.41) is 19.6. The highest BCUT2D eigenvalue weighted by atomic mass is 16.5. The molecule has 0 aliphatic heterocycles. The SMILES string of the molecule is O=C(O)CC(CNC(=O)OCc1ccccc1)C(=O)O. The number of nitrogens with one attached hydrogen (secondary N) is 1. The van der Waals surface area contributed by atoms with Crippen molar-refractivity contribution >= 4 is 18.0 Å². The van der Waals surface area contributed by atoms with E-state index in [9.17, 15) is 14.4 Å². The van der Waals surface area contributed by atoms with E-state index < -0.39 is 30.4 Å². The summed E-state index contributed by atoms with van der Waals surface area (Å²) in [4.78, 5) is 32.6. The average Bonchev–Trinajstić information content (AvgIpc) is 2.41. The Labute approximate surface area is 115 Å². The molecule has 20 heavy (non-hydrogen) atoms. The van der Waals surface area contributed by atoms with Gasteiger partial charge in [-0.15, -0.1) is 0 Å². The van der Waals surface area contributed by atoms with E-state index in [1.165, 1.54) is 0 Å². The largest absolute Gasteiger partial charge is 0.481 e. The molecule has 0 aliphatic carbocycles. The summed E-state index contributed by atoms with van der Waals surface area (Å²) >= 11 is 0. The molecule has 1 aromatic rings. The molecule has 7 heteroatoms. The lowest BCUT2D eigenvalue weighted by molar-refractivity contribution is -0.148. The average molecular weight is 281 g/mol. The van der Waals surface area contributed by atoms with Crippen LogP contribution in [0.2, 0.25) is 0 Å². The van der Waals surface area contributed by atoms with Crippen molar-refractivity contribution in [3.8, 4) is 0 Å². The van der Waals surface area contributed by atoms with E-state index in [1.807, 2.05) is 6.07 Å². The smallest absolute Gasteiger partial charge is 0.407 e. The molecule has 0 saturated heterocycles. The van der Waals surface area contributed by atoms with Gasteiger partial charge in [-0.3, -0.25) is 9.59 Å². The van der Waals surface area contributed by atoms with E-state index >= 15 is 0 Å². The predicted molar refractivity (Wildman–Crippen MR) is 68.0 cm³/mol. The number of aliphatic carboxylic acids is 2. The lowest BCUT2D eigenvalue weighted by Gasteiger charge is -2.11. The highest BCUT2D eigenvalue weighted by molar-refractivity contribution is 5.78. The molecule has 1 amide bonds. The first kappa shape index (κ1) is 15.5. The first-order valence-corrected chi connectivity index (χ1v) is 5.88. The maximum atomic E-state index is 11.4. The monoisotopic (exact) mass is 281 g/mol. The maximum Gasteiger partial charge on any atom is 0.407 e. The van der Waals surface area contributed by atoms with Crippen LogP contribution in [0.4, 0.5) is 4.79 Å². The van der Waals surface area contributed by atoms with Gasteiger partial charge in [0.25, 0.3) is 0 Å². The Morgan fingerprint density at radius 3 is 2.35 bits per heavy atom. The molecule has 1 aromatic carbocycles. The van der Waals surface area contributed by atoms with Gasteiger partial charge >= 0.3 is 18.0 Å². The third kappa shape index (κ3) is 5.85. The number of amides is 1. The zero-order chi connectivity index (χ0) is 15.0. The van der Waals surface area contributed by atoms with Gasteiger partial charge in [-0.1, -0.05) is 30.3 Å². The van der Waals surface area contributed by atoms with Crippen molar-refractivity contribution in [2.24, 2.45) is 5.92 Å². The number of carbonyl (C=O) groups excluding carboxylic acids is 1. The van der Waals surface area contributed by atoms with Gasteiger partial charge in [0.1, 0.15) is 6.61 Å². The summed E-state index contributed by atoms with van der Waals surface area (Å²) in [5.41, 5.74) is 0.794. The van der Waals surface area contributed by atoms with Crippen LogP contribution in [-0.4, -0.2) is 34.8 Å². The van der Waals surface area contributed by atoms with Crippen molar-refractivity contribution in [1.29, 1.82) is 0 Å². The van der Waals surface area contributed by atoms with Crippen molar-refractivity contribution in [3.63, 3.8) is 0 Å². The van der Waals surface area contributed by atoms with E-state index in [-0.39, 0.29) is 13.2 Å². The van der Waals surface area contributed by atoms with Crippen molar-refractivity contribution in [3.05, 3.63) is 35.9 Å². The van der Waals surface area contributed by atoms with Crippen LogP contribution in [0.25, 0.3) is 0 Å². The molecule has 0 aliphatic rings. The van der Waals surface area contributed by atoms with Gasteiger partial charge in [-0.05, 0) is 5.56 Å². The highest BCUT2D eigenvalue weighted by Gasteiger charge is 2.21. The van der Waals surface area contributed by atoms with Crippen molar-refractivity contribution in [2.75, 3.05) is 6.54 Å². The summed E-state index contributed by atoms with van der Waals surface area (Å²) in [7, 11) is 0. The van der Waals surface area contributed by atoms with Gasteiger partial charge in [0.15, 0.2) is 0 Å². The number of carboxylic acid groups (broad SMARTS) is 2. The van der Waals surface area contributed by atoms with Gasteiger partial charge in [-0.25, -0.2) is 4.79 Å². The zero-order valence-electron chi connectivity index (χ0n) is 10.6. The molecule has 108 valence electrons. The fourth-order valence-electron chi connectivity index (χ4n) is 1.44. The molecule has 0 aromatic heterocycles. The summed E-state index contributed by atoms with van der Waals surface area (Å²) in [5.74, 6) is -3.70. The lowest BCUT2D eigenvalue weighted by atomic mass is 10.1. The topological polar surface area (TPSA) is 113 Å². The van der Waals surface area contributed by atoms with E-state index in [1.54, 1.807) is 24.3 Å². The number of rotatable bonds is 7. The third-order valence-corrected chi connectivity index (χ3v) is 2.48. The molecule has 1 atom stereocenters.